The van der Waals surface area contributed by atoms with Crippen LogP contribution < -0.4 is 10.6 Å². The Morgan fingerprint density at radius 2 is 2.22 bits per heavy atom. The standard InChI is InChI=1S/C4H2BrN2O2/c5-2-1-6-4(9)7-3(2)8/h1H,(H,7,8,9). The number of rotatable bonds is 0. The molecule has 0 saturated heterocycles. The molecule has 5 heteroatoms. The molecule has 1 heterocycles. The topological polar surface area (TPSA) is 60.3 Å². The molecule has 1 rings (SSSR count). The van der Waals surface area contributed by atoms with Gasteiger partial charge in [-0.15, -0.1) is 0 Å². The molecule has 1 N–H and O–H groups in total. The van der Waals surface area contributed by atoms with Gasteiger partial charge in [0.25, 0.3) is 5.91 Å². The molecule has 4 nitrogen and oxygen atoms in total. The van der Waals surface area contributed by atoms with Gasteiger partial charge in [0.15, 0.2) is 0 Å². The minimum Gasteiger partial charge on any atom is -0.272 e. The van der Waals surface area contributed by atoms with Gasteiger partial charge in [-0.2, -0.15) is 0 Å². The maximum absolute atomic E-state index is 10.5. The maximum atomic E-state index is 10.5. The van der Waals surface area contributed by atoms with E-state index in [0.29, 0.717) is 0 Å². The number of carbonyl (C=O) groups excluding carboxylic acids is 2. The number of urea groups is 1. The van der Waals surface area contributed by atoms with E-state index in [4.69, 9.17) is 0 Å². The first kappa shape index (κ1) is 6.28. The lowest BCUT2D eigenvalue weighted by Crippen LogP contribution is -2.37. The molecule has 1 radical (unpaired) electrons. The van der Waals surface area contributed by atoms with Crippen LogP contribution in [-0.2, 0) is 4.79 Å². The monoisotopic (exact) mass is 189 g/mol. The van der Waals surface area contributed by atoms with Crippen LogP contribution in [0.25, 0.3) is 0 Å². The molecular formula is C4H2BrN2O2. The van der Waals surface area contributed by atoms with E-state index in [1.165, 1.54) is 6.20 Å². The number of hydrogen-bond acceptors (Lipinski definition) is 2. The van der Waals surface area contributed by atoms with Crippen molar-refractivity contribution in [3.63, 3.8) is 0 Å². The van der Waals surface area contributed by atoms with E-state index < -0.39 is 11.9 Å². The van der Waals surface area contributed by atoms with Crippen LogP contribution in [-0.4, -0.2) is 11.9 Å². The summed E-state index contributed by atoms with van der Waals surface area (Å²) in [5, 5.41) is 5.25. The van der Waals surface area contributed by atoms with Crippen molar-refractivity contribution in [3.8, 4) is 0 Å². The first-order valence-electron chi connectivity index (χ1n) is 2.12. The average Bonchev–Trinajstić information content (AvgIpc) is 1.80. The van der Waals surface area contributed by atoms with Crippen LogP contribution in [0.15, 0.2) is 10.7 Å². The highest BCUT2D eigenvalue weighted by molar-refractivity contribution is 9.12. The Hall–Kier alpha value is -0.840. The zero-order valence-corrected chi connectivity index (χ0v) is 5.81. The quantitative estimate of drug-likeness (QED) is 0.587. The van der Waals surface area contributed by atoms with Crippen molar-refractivity contribution in [1.29, 1.82) is 0 Å². The fourth-order valence-corrected chi connectivity index (χ4v) is 0.565. The molecule has 0 saturated carbocycles. The molecule has 1 aliphatic rings. The molecule has 0 spiro atoms. The van der Waals surface area contributed by atoms with Crippen molar-refractivity contribution in [2.24, 2.45) is 0 Å². The van der Waals surface area contributed by atoms with Gasteiger partial charge >= 0.3 is 6.03 Å². The second-order valence-electron chi connectivity index (χ2n) is 1.37. The normalized spacial score (nSPS) is 18.1. The molecule has 0 aromatic rings. The Bertz CT molecular complexity index is 199. The molecule has 9 heavy (non-hydrogen) atoms. The van der Waals surface area contributed by atoms with E-state index in [2.05, 4.69) is 21.2 Å². The number of amides is 3. The Morgan fingerprint density at radius 1 is 1.56 bits per heavy atom. The Balaban J connectivity index is 2.79. The highest BCUT2D eigenvalue weighted by Crippen LogP contribution is 2.05. The van der Waals surface area contributed by atoms with Crippen LogP contribution in [0.3, 0.4) is 0 Å². The molecule has 0 unspecified atom stereocenters. The SMILES string of the molecule is O=C1[N]C=C(Br)C(=O)N1. The van der Waals surface area contributed by atoms with Gasteiger partial charge in [-0.05, 0) is 15.9 Å². The van der Waals surface area contributed by atoms with Gasteiger partial charge in [-0.3, -0.25) is 10.1 Å². The van der Waals surface area contributed by atoms with Crippen LogP contribution in [0.2, 0.25) is 0 Å². The number of carbonyl (C=O) groups is 2. The second kappa shape index (κ2) is 2.18. The molecule has 47 valence electrons. The highest BCUT2D eigenvalue weighted by Gasteiger charge is 2.15. The largest absolute Gasteiger partial charge is 0.347 e. The van der Waals surface area contributed by atoms with E-state index in [1.807, 2.05) is 5.32 Å². The van der Waals surface area contributed by atoms with Gasteiger partial charge in [0.1, 0.15) is 4.48 Å². The smallest absolute Gasteiger partial charge is 0.272 e. The summed E-state index contributed by atoms with van der Waals surface area (Å²) in [5.41, 5.74) is 0. The molecule has 0 atom stereocenters. The van der Waals surface area contributed by atoms with Crippen LogP contribution in [0.1, 0.15) is 0 Å². The lowest BCUT2D eigenvalue weighted by molar-refractivity contribution is -0.115. The maximum Gasteiger partial charge on any atom is 0.347 e. The highest BCUT2D eigenvalue weighted by atomic mass is 79.9. The van der Waals surface area contributed by atoms with Gasteiger partial charge < -0.3 is 0 Å². The summed E-state index contributed by atoms with van der Waals surface area (Å²) in [7, 11) is 0. The summed E-state index contributed by atoms with van der Waals surface area (Å²) >= 11 is 2.88. The first-order valence-corrected chi connectivity index (χ1v) is 2.91. The summed E-state index contributed by atoms with van der Waals surface area (Å²) in [5.74, 6) is -0.449. The number of halogens is 1. The van der Waals surface area contributed by atoms with Crippen molar-refractivity contribution < 1.29 is 9.59 Å². The predicted molar refractivity (Wildman–Crippen MR) is 32.7 cm³/mol. The van der Waals surface area contributed by atoms with E-state index in [9.17, 15) is 9.59 Å². The van der Waals surface area contributed by atoms with E-state index in [0.717, 1.165) is 0 Å². The van der Waals surface area contributed by atoms with E-state index in [-0.39, 0.29) is 4.48 Å². The number of nitrogens with zero attached hydrogens (tertiary/aromatic N) is 1. The first-order chi connectivity index (χ1) is 4.20. The molecule has 1 aliphatic heterocycles. The minimum absolute atomic E-state index is 0.266. The summed E-state index contributed by atoms with van der Waals surface area (Å²) in [6, 6.07) is -0.622. The van der Waals surface area contributed by atoms with Crippen LogP contribution in [0.5, 0.6) is 0 Å². The zero-order valence-electron chi connectivity index (χ0n) is 4.22. The molecular weight excluding hydrogens is 188 g/mol. The molecule has 0 bridgehead atoms. The number of imide groups is 1. The number of hydrogen-bond donors (Lipinski definition) is 1. The van der Waals surface area contributed by atoms with Gasteiger partial charge in [-0.25, -0.2) is 10.1 Å². The van der Waals surface area contributed by atoms with Crippen molar-refractivity contribution >= 4 is 27.9 Å². The second-order valence-corrected chi connectivity index (χ2v) is 2.22. The summed E-state index contributed by atoms with van der Waals surface area (Å²) < 4.78 is 0.266. The summed E-state index contributed by atoms with van der Waals surface area (Å²) in [6.45, 7) is 0. The van der Waals surface area contributed by atoms with E-state index in [1.54, 1.807) is 0 Å². The van der Waals surface area contributed by atoms with Crippen molar-refractivity contribution in [2.75, 3.05) is 0 Å². The Kier molecular flexibility index (Phi) is 1.52. The summed E-state index contributed by atoms with van der Waals surface area (Å²) in [6.07, 6.45) is 1.17. The average molecular weight is 190 g/mol. The minimum atomic E-state index is -0.622. The third kappa shape index (κ3) is 1.29. The Morgan fingerprint density at radius 3 is 2.67 bits per heavy atom. The molecule has 0 aromatic heterocycles. The van der Waals surface area contributed by atoms with Crippen LogP contribution >= 0.6 is 15.9 Å². The molecule has 0 aromatic carbocycles. The predicted octanol–water partition coefficient (Wildman–Crippen LogP) is 0.0769. The molecule has 0 aliphatic carbocycles. The lowest BCUT2D eigenvalue weighted by atomic mass is 10.5. The third-order valence-electron chi connectivity index (χ3n) is 0.733. The molecule has 0 fully saturated rings. The lowest BCUT2D eigenvalue weighted by Gasteiger charge is -2.05. The van der Waals surface area contributed by atoms with Crippen molar-refractivity contribution in [3.05, 3.63) is 10.7 Å². The fourth-order valence-electron chi connectivity index (χ4n) is 0.363. The molecule has 3 amide bonds. The third-order valence-corrected chi connectivity index (χ3v) is 1.30. The van der Waals surface area contributed by atoms with Crippen molar-refractivity contribution in [2.45, 2.75) is 0 Å². The van der Waals surface area contributed by atoms with Gasteiger partial charge in [0.05, 0.1) is 6.20 Å². The van der Waals surface area contributed by atoms with Crippen LogP contribution in [0, 0.1) is 0 Å². The zero-order chi connectivity index (χ0) is 6.85. The van der Waals surface area contributed by atoms with Crippen LogP contribution in [0.4, 0.5) is 4.79 Å². The van der Waals surface area contributed by atoms with Gasteiger partial charge in [-0.1, -0.05) is 0 Å². The number of nitrogens with one attached hydrogen (secondary N) is 1. The van der Waals surface area contributed by atoms with Crippen molar-refractivity contribution in [1.82, 2.24) is 10.6 Å². The summed E-state index contributed by atoms with van der Waals surface area (Å²) in [4.78, 5) is 20.8. The van der Waals surface area contributed by atoms with Gasteiger partial charge in [0, 0.05) is 0 Å². The van der Waals surface area contributed by atoms with Gasteiger partial charge in [0.2, 0.25) is 0 Å². The van der Waals surface area contributed by atoms with E-state index >= 15 is 0 Å². The Labute approximate surface area is 59.4 Å². The fraction of sp³-hybridized carbons (Fsp3) is 0.